The average molecular weight is 287 g/mol. The Hall–Kier alpha value is -2.15. The van der Waals surface area contributed by atoms with Gasteiger partial charge in [0.1, 0.15) is 5.75 Å². The minimum absolute atomic E-state index is 0.224. The summed E-state index contributed by atoms with van der Waals surface area (Å²) in [5.41, 5.74) is 0.895. The first kappa shape index (κ1) is 14.3. The summed E-state index contributed by atoms with van der Waals surface area (Å²) >= 11 is 0. The van der Waals surface area contributed by atoms with E-state index in [1.165, 1.54) is 12.1 Å². The number of halogens is 4. The smallest absolute Gasteiger partial charge is 0.406 e. The van der Waals surface area contributed by atoms with Gasteiger partial charge in [0.2, 0.25) is 5.95 Å². The van der Waals surface area contributed by atoms with Crippen LogP contribution in [0.3, 0.4) is 0 Å². The molecule has 0 bridgehead atoms. The average Bonchev–Trinajstić information content (AvgIpc) is 2.36. The first-order valence-corrected chi connectivity index (χ1v) is 5.50. The number of hydrogen-bond acceptors (Lipinski definition) is 3. The molecule has 0 saturated heterocycles. The molecule has 2 rings (SSSR count). The van der Waals surface area contributed by atoms with Gasteiger partial charge in [-0.3, -0.25) is 0 Å². The maximum atomic E-state index is 13.0. The molecule has 0 atom stereocenters. The molecule has 1 N–H and O–H groups in total. The lowest BCUT2D eigenvalue weighted by molar-refractivity contribution is -0.274. The van der Waals surface area contributed by atoms with Crippen molar-refractivity contribution in [3.8, 4) is 16.9 Å². The number of rotatable bonds is 3. The Balaban J connectivity index is 2.41. The van der Waals surface area contributed by atoms with Crippen LogP contribution in [0.1, 0.15) is 5.56 Å². The van der Waals surface area contributed by atoms with Gasteiger partial charge in [-0.05, 0) is 29.3 Å². The van der Waals surface area contributed by atoms with Gasteiger partial charge in [-0.25, -0.2) is 4.98 Å². The molecule has 0 aliphatic rings. The Morgan fingerprint density at radius 2 is 1.95 bits per heavy atom. The van der Waals surface area contributed by atoms with Crippen LogP contribution in [0.15, 0.2) is 36.5 Å². The Bertz CT molecular complexity index is 614. The number of benzene rings is 1. The monoisotopic (exact) mass is 287 g/mol. The van der Waals surface area contributed by atoms with Crippen LogP contribution >= 0.6 is 0 Å². The fourth-order valence-electron chi connectivity index (χ4n) is 1.72. The van der Waals surface area contributed by atoms with Gasteiger partial charge in [0.15, 0.2) is 0 Å². The van der Waals surface area contributed by atoms with E-state index in [4.69, 9.17) is 5.11 Å². The lowest BCUT2D eigenvalue weighted by atomic mass is 10.0. The van der Waals surface area contributed by atoms with Gasteiger partial charge in [0.25, 0.3) is 0 Å². The quantitative estimate of drug-likeness (QED) is 0.696. The van der Waals surface area contributed by atoms with E-state index < -0.39 is 24.7 Å². The van der Waals surface area contributed by atoms with Crippen LogP contribution < -0.4 is 4.74 Å². The van der Waals surface area contributed by atoms with Crippen molar-refractivity contribution >= 4 is 0 Å². The van der Waals surface area contributed by atoms with Crippen molar-refractivity contribution in [3.05, 3.63) is 48.0 Å². The van der Waals surface area contributed by atoms with E-state index in [9.17, 15) is 17.6 Å². The molecule has 0 radical (unpaired) electrons. The number of pyridine rings is 1. The molecule has 0 aliphatic carbocycles. The highest BCUT2D eigenvalue weighted by atomic mass is 19.4. The number of hydrogen-bond donors (Lipinski definition) is 1. The van der Waals surface area contributed by atoms with E-state index >= 15 is 0 Å². The summed E-state index contributed by atoms with van der Waals surface area (Å²) < 4.78 is 53.2. The maximum absolute atomic E-state index is 13.0. The van der Waals surface area contributed by atoms with Crippen LogP contribution in [0.2, 0.25) is 0 Å². The van der Waals surface area contributed by atoms with Crippen LogP contribution in [0, 0.1) is 5.95 Å². The van der Waals surface area contributed by atoms with Crippen molar-refractivity contribution in [3.63, 3.8) is 0 Å². The predicted octanol–water partition coefficient (Wildman–Crippen LogP) is 3.28. The molecular formula is C13H9F4NO2. The summed E-state index contributed by atoms with van der Waals surface area (Å²) in [6.07, 6.45) is -3.65. The summed E-state index contributed by atoms with van der Waals surface area (Å²) in [5, 5.41) is 9.15. The van der Waals surface area contributed by atoms with Crippen molar-refractivity contribution < 1.29 is 27.4 Å². The third-order valence-corrected chi connectivity index (χ3v) is 2.51. The molecule has 1 heterocycles. The minimum atomic E-state index is -4.79. The van der Waals surface area contributed by atoms with Crippen molar-refractivity contribution in [2.45, 2.75) is 13.0 Å². The third-order valence-electron chi connectivity index (χ3n) is 2.51. The molecule has 1 aromatic carbocycles. The zero-order valence-corrected chi connectivity index (χ0v) is 9.99. The number of aliphatic hydroxyl groups is 1. The SMILES string of the molecule is OCc1cc(F)ncc1-c1cccc(OC(F)(F)F)c1. The van der Waals surface area contributed by atoms with E-state index in [-0.39, 0.29) is 5.56 Å². The number of ether oxygens (including phenoxy) is 1. The Morgan fingerprint density at radius 3 is 2.60 bits per heavy atom. The lowest BCUT2D eigenvalue weighted by Crippen LogP contribution is -2.17. The second kappa shape index (κ2) is 5.46. The maximum Gasteiger partial charge on any atom is 0.573 e. The molecule has 0 fully saturated rings. The second-order valence-corrected chi connectivity index (χ2v) is 3.90. The van der Waals surface area contributed by atoms with E-state index in [2.05, 4.69) is 9.72 Å². The summed E-state index contributed by atoms with van der Waals surface area (Å²) in [6.45, 7) is -0.459. The molecule has 20 heavy (non-hydrogen) atoms. The minimum Gasteiger partial charge on any atom is -0.406 e. The zero-order chi connectivity index (χ0) is 14.8. The number of aliphatic hydroxyl groups excluding tert-OH is 1. The van der Waals surface area contributed by atoms with E-state index in [1.54, 1.807) is 0 Å². The molecule has 106 valence electrons. The standard InChI is InChI=1S/C13H9F4NO2/c14-12-5-9(7-19)11(6-18-12)8-2-1-3-10(4-8)20-13(15,16)17/h1-6,19H,7H2. The van der Waals surface area contributed by atoms with Gasteiger partial charge in [0.05, 0.1) is 6.61 Å². The molecule has 0 amide bonds. The predicted molar refractivity (Wildman–Crippen MR) is 62.2 cm³/mol. The van der Waals surface area contributed by atoms with Crippen molar-refractivity contribution in [1.29, 1.82) is 0 Å². The van der Waals surface area contributed by atoms with Gasteiger partial charge in [-0.15, -0.1) is 13.2 Å². The van der Waals surface area contributed by atoms with Crippen LogP contribution in [0.4, 0.5) is 17.6 Å². The van der Waals surface area contributed by atoms with Crippen LogP contribution in [0.5, 0.6) is 5.75 Å². The van der Waals surface area contributed by atoms with Gasteiger partial charge in [-0.2, -0.15) is 4.39 Å². The van der Waals surface area contributed by atoms with Gasteiger partial charge in [0, 0.05) is 11.8 Å². The number of nitrogens with zero attached hydrogens (tertiary/aromatic N) is 1. The summed E-state index contributed by atoms with van der Waals surface area (Å²) in [4.78, 5) is 3.43. The highest BCUT2D eigenvalue weighted by Gasteiger charge is 2.31. The fraction of sp³-hybridized carbons (Fsp3) is 0.154. The summed E-state index contributed by atoms with van der Waals surface area (Å²) in [5.74, 6) is -1.18. The van der Waals surface area contributed by atoms with E-state index in [0.29, 0.717) is 11.1 Å². The molecule has 2 aromatic rings. The Kier molecular flexibility index (Phi) is 3.89. The molecule has 0 aliphatic heterocycles. The number of aromatic nitrogens is 1. The number of alkyl halides is 3. The van der Waals surface area contributed by atoms with Crippen molar-refractivity contribution in [2.75, 3.05) is 0 Å². The Labute approximate surface area is 111 Å². The van der Waals surface area contributed by atoms with Crippen LogP contribution in [-0.4, -0.2) is 16.5 Å². The van der Waals surface area contributed by atoms with Gasteiger partial charge >= 0.3 is 6.36 Å². The Morgan fingerprint density at radius 1 is 1.20 bits per heavy atom. The largest absolute Gasteiger partial charge is 0.573 e. The molecule has 7 heteroatoms. The summed E-state index contributed by atoms with van der Waals surface area (Å²) in [7, 11) is 0. The first-order chi connectivity index (χ1) is 9.39. The highest BCUT2D eigenvalue weighted by molar-refractivity contribution is 5.67. The highest BCUT2D eigenvalue weighted by Crippen LogP contribution is 2.29. The summed E-state index contributed by atoms with van der Waals surface area (Å²) in [6, 6.07) is 6.18. The first-order valence-electron chi connectivity index (χ1n) is 5.50. The topological polar surface area (TPSA) is 42.4 Å². The molecule has 0 saturated carbocycles. The normalized spacial score (nSPS) is 11.4. The van der Waals surface area contributed by atoms with Crippen LogP contribution in [0.25, 0.3) is 11.1 Å². The second-order valence-electron chi connectivity index (χ2n) is 3.90. The van der Waals surface area contributed by atoms with Crippen molar-refractivity contribution in [2.24, 2.45) is 0 Å². The van der Waals surface area contributed by atoms with E-state index in [1.807, 2.05) is 0 Å². The van der Waals surface area contributed by atoms with E-state index in [0.717, 1.165) is 24.4 Å². The fourth-order valence-corrected chi connectivity index (χ4v) is 1.72. The molecule has 3 nitrogen and oxygen atoms in total. The molecule has 1 aromatic heterocycles. The lowest BCUT2D eigenvalue weighted by Gasteiger charge is -2.11. The molecule has 0 unspecified atom stereocenters. The van der Waals surface area contributed by atoms with Crippen molar-refractivity contribution in [1.82, 2.24) is 4.98 Å². The van der Waals surface area contributed by atoms with Crippen LogP contribution in [-0.2, 0) is 6.61 Å². The third kappa shape index (κ3) is 3.45. The zero-order valence-electron chi connectivity index (χ0n) is 9.99. The molecular weight excluding hydrogens is 278 g/mol. The molecule has 0 spiro atoms. The van der Waals surface area contributed by atoms with Gasteiger partial charge < -0.3 is 9.84 Å². The van der Waals surface area contributed by atoms with Gasteiger partial charge in [-0.1, -0.05) is 12.1 Å².